The topological polar surface area (TPSA) is 84.2 Å². The van der Waals surface area contributed by atoms with Gasteiger partial charge in [-0.25, -0.2) is 9.00 Å². The Morgan fingerprint density at radius 1 is 1.56 bits per heavy atom. The Bertz CT molecular complexity index is 513. The van der Waals surface area contributed by atoms with Gasteiger partial charge in [-0.05, 0) is 24.1 Å². The third-order valence-corrected chi connectivity index (χ3v) is 2.49. The molecule has 0 aliphatic heterocycles. The smallest absolute Gasteiger partial charge is 0.330 e. The highest BCUT2D eigenvalue weighted by molar-refractivity contribution is 7.98. The van der Waals surface area contributed by atoms with Crippen molar-refractivity contribution in [2.45, 2.75) is 0 Å². The van der Waals surface area contributed by atoms with Crippen molar-refractivity contribution < 1.29 is 9.00 Å². The minimum Gasteiger partial charge on any atom is -0.399 e. The molecule has 0 aliphatic carbocycles. The summed E-state index contributed by atoms with van der Waals surface area (Å²) in [6, 6.07) is 4.02. The monoisotopic (exact) mass is 261 g/mol. The number of rotatable bonds is 2. The second-order valence-corrected chi connectivity index (χ2v) is 5.92. The van der Waals surface area contributed by atoms with Crippen LogP contribution in [-0.4, -0.2) is 22.4 Å². The summed E-state index contributed by atoms with van der Waals surface area (Å²) in [6.07, 6.45) is 1.31. The second kappa shape index (κ2) is 4.63. The summed E-state index contributed by atoms with van der Waals surface area (Å²) in [7, 11) is -2.60. The predicted molar refractivity (Wildman–Crippen MR) is 69.2 cm³/mol. The highest BCUT2D eigenvalue weighted by atomic mass is 35.5. The van der Waals surface area contributed by atoms with Crippen molar-refractivity contribution in [2.75, 3.05) is 17.3 Å². The number of amides is 2. The molecule has 1 rings (SSSR count). The van der Waals surface area contributed by atoms with Crippen molar-refractivity contribution in [3.63, 3.8) is 0 Å². The van der Waals surface area contributed by atoms with Crippen LogP contribution >= 0.6 is 11.6 Å². The minimum atomic E-state index is -2.60. The van der Waals surface area contributed by atoms with E-state index < -0.39 is 15.7 Å². The Kier molecular flexibility index (Phi) is 3.66. The summed E-state index contributed by atoms with van der Waals surface area (Å²) in [5.41, 5.74) is 6.35. The SMILES string of the molecule is C=S(C)(=O)NC(=O)Nc1cc(N)ccc1Cl. The first-order valence-corrected chi connectivity index (χ1v) is 6.75. The van der Waals surface area contributed by atoms with E-state index in [4.69, 9.17) is 17.3 Å². The van der Waals surface area contributed by atoms with Gasteiger partial charge in [0.05, 0.1) is 10.7 Å². The Hall–Kier alpha value is -1.40. The number of carbonyl (C=O) groups is 1. The average Bonchev–Trinajstić information content (AvgIpc) is 2.08. The van der Waals surface area contributed by atoms with Crippen molar-refractivity contribution in [2.24, 2.45) is 0 Å². The van der Waals surface area contributed by atoms with E-state index in [1.165, 1.54) is 12.3 Å². The molecular formula is C9H12ClN3O2S. The maximum atomic E-state index is 11.4. The average molecular weight is 262 g/mol. The van der Waals surface area contributed by atoms with Gasteiger partial charge in [0, 0.05) is 21.7 Å². The first-order chi connectivity index (χ1) is 7.28. The molecule has 0 heterocycles. The number of nitrogen functional groups attached to an aromatic ring is 1. The summed E-state index contributed by atoms with van der Waals surface area (Å²) in [4.78, 5) is 11.4. The van der Waals surface area contributed by atoms with Crippen LogP contribution in [0.3, 0.4) is 0 Å². The molecule has 7 heteroatoms. The van der Waals surface area contributed by atoms with E-state index in [0.717, 1.165) is 0 Å². The highest BCUT2D eigenvalue weighted by Gasteiger charge is 2.07. The zero-order valence-electron chi connectivity index (χ0n) is 8.62. The van der Waals surface area contributed by atoms with Gasteiger partial charge in [0.2, 0.25) is 0 Å². The number of hydrogen-bond donors (Lipinski definition) is 3. The van der Waals surface area contributed by atoms with Crippen molar-refractivity contribution in [1.82, 2.24) is 4.72 Å². The zero-order chi connectivity index (χ0) is 12.3. The number of hydrogen-bond acceptors (Lipinski definition) is 3. The van der Waals surface area contributed by atoms with Crippen LogP contribution < -0.4 is 15.8 Å². The molecule has 1 aromatic rings. The lowest BCUT2D eigenvalue weighted by molar-refractivity contribution is 0.257. The predicted octanol–water partition coefficient (Wildman–Crippen LogP) is 1.30. The Morgan fingerprint density at radius 3 is 2.75 bits per heavy atom. The number of nitrogens with two attached hydrogens (primary N) is 1. The largest absolute Gasteiger partial charge is 0.399 e. The molecule has 0 fully saturated rings. The molecule has 0 spiro atoms. The Morgan fingerprint density at radius 2 is 2.19 bits per heavy atom. The molecule has 0 aliphatic rings. The fourth-order valence-corrected chi connectivity index (χ4v) is 1.59. The molecule has 4 N–H and O–H groups in total. The van der Waals surface area contributed by atoms with Gasteiger partial charge in [-0.15, -0.1) is 0 Å². The molecule has 2 amide bonds. The molecule has 0 bridgehead atoms. The van der Waals surface area contributed by atoms with Crippen molar-refractivity contribution in [3.8, 4) is 0 Å². The van der Waals surface area contributed by atoms with Crippen molar-refractivity contribution in [1.29, 1.82) is 0 Å². The van der Waals surface area contributed by atoms with Crippen molar-refractivity contribution in [3.05, 3.63) is 23.2 Å². The molecule has 1 aromatic carbocycles. The third-order valence-electron chi connectivity index (χ3n) is 1.55. The van der Waals surface area contributed by atoms with Crippen molar-refractivity contribution >= 4 is 44.6 Å². The first-order valence-electron chi connectivity index (χ1n) is 4.24. The van der Waals surface area contributed by atoms with Gasteiger partial charge in [-0.2, -0.15) is 0 Å². The number of halogens is 1. The van der Waals surface area contributed by atoms with Crippen LogP contribution in [0.5, 0.6) is 0 Å². The molecule has 0 aromatic heterocycles. The normalized spacial score (nSPS) is 13.9. The maximum absolute atomic E-state index is 11.4. The Labute approximate surface area is 99.1 Å². The second-order valence-electron chi connectivity index (χ2n) is 3.30. The van der Waals surface area contributed by atoms with E-state index in [1.54, 1.807) is 12.1 Å². The van der Waals surface area contributed by atoms with Crippen LogP contribution in [0.4, 0.5) is 16.2 Å². The van der Waals surface area contributed by atoms with E-state index >= 15 is 0 Å². The number of carbonyl (C=O) groups excluding carboxylic acids is 1. The lowest BCUT2D eigenvalue weighted by atomic mass is 10.3. The third kappa shape index (κ3) is 4.00. The lowest BCUT2D eigenvalue weighted by Gasteiger charge is -2.10. The lowest BCUT2D eigenvalue weighted by Crippen LogP contribution is -2.33. The van der Waals surface area contributed by atoms with Crippen LogP contribution in [-0.2, 0) is 9.71 Å². The summed E-state index contributed by atoms with van der Waals surface area (Å²) in [5, 5.41) is 2.77. The molecular weight excluding hydrogens is 250 g/mol. The van der Waals surface area contributed by atoms with E-state index in [2.05, 4.69) is 15.9 Å². The molecule has 1 atom stereocenters. The fraction of sp³-hybridized carbons (Fsp3) is 0.111. The van der Waals surface area contributed by atoms with E-state index in [9.17, 15) is 9.00 Å². The first kappa shape index (κ1) is 12.7. The molecule has 0 radical (unpaired) electrons. The van der Waals surface area contributed by atoms with Crippen LogP contribution in [0.2, 0.25) is 5.02 Å². The fourth-order valence-electron chi connectivity index (χ4n) is 0.983. The molecule has 0 saturated heterocycles. The molecule has 88 valence electrons. The number of nitrogens with one attached hydrogen (secondary N) is 2. The number of urea groups is 1. The van der Waals surface area contributed by atoms with Gasteiger partial charge in [0.15, 0.2) is 0 Å². The molecule has 1 unspecified atom stereocenters. The van der Waals surface area contributed by atoms with Gasteiger partial charge in [-0.3, -0.25) is 4.72 Å². The molecule has 0 saturated carbocycles. The summed E-state index contributed by atoms with van der Waals surface area (Å²) in [6.45, 7) is 0. The zero-order valence-corrected chi connectivity index (χ0v) is 10.2. The quantitative estimate of drug-likeness (QED) is 0.554. The standard InChI is InChI=1S/C9H12ClN3O2S/c1-16(2,15)13-9(14)12-8-5-6(11)3-4-7(8)10/h3-5H,1,11H2,2H3,(H2,12,13,14,15). The van der Waals surface area contributed by atoms with Gasteiger partial charge >= 0.3 is 6.03 Å². The van der Waals surface area contributed by atoms with Gasteiger partial charge in [0.25, 0.3) is 0 Å². The van der Waals surface area contributed by atoms with E-state index in [0.29, 0.717) is 16.4 Å². The van der Waals surface area contributed by atoms with Crippen LogP contribution in [0, 0.1) is 0 Å². The minimum absolute atomic E-state index is 0.344. The molecule has 16 heavy (non-hydrogen) atoms. The number of benzene rings is 1. The van der Waals surface area contributed by atoms with Crippen LogP contribution in [0.25, 0.3) is 0 Å². The van der Waals surface area contributed by atoms with Crippen LogP contribution in [0.1, 0.15) is 0 Å². The summed E-state index contributed by atoms with van der Waals surface area (Å²) >= 11 is 5.83. The maximum Gasteiger partial charge on any atom is 0.330 e. The van der Waals surface area contributed by atoms with E-state index in [-0.39, 0.29) is 0 Å². The molecule has 5 nitrogen and oxygen atoms in total. The summed E-state index contributed by atoms with van der Waals surface area (Å²) in [5.74, 6) is 3.29. The van der Waals surface area contributed by atoms with Gasteiger partial charge < -0.3 is 11.1 Å². The van der Waals surface area contributed by atoms with Gasteiger partial charge in [-0.1, -0.05) is 11.6 Å². The summed E-state index contributed by atoms with van der Waals surface area (Å²) < 4.78 is 13.4. The van der Waals surface area contributed by atoms with Crippen LogP contribution in [0.15, 0.2) is 18.2 Å². The van der Waals surface area contributed by atoms with Gasteiger partial charge in [0.1, 0.15) is 0 Å². The number of anilines is 2. The van der Waals surface area contributed by atoms with E-state index in [1.807, 2.05) is 0 Å². The Balaban J connectivity index is 2.81. The highest BCUT2D eigenvalue weighted by Crippen LogP contribution is 2.23.